The fraction of sp³-hybridized carbons (Fsp3) is 0.700. The summed E-state index contributed by atoms with van der Waals surface area (Å²) >= 11 is 0. The van der Waals surface area contributed by atoms with Crippen LogP contribution in [0.4, 0.5) is 0 Å². The van der Waals surface area contributed by atoms with Gasteiger partial charge in [-0.15, -0.1) is 6.58 Å². The van der Waals surface area contributed by atoms with Crippen molar-refractivity contribution in [3.63, 3.8) is 0 Å². The van der Waals surface area contributed by atoms with E-state index in [9.17, 15) is 4.79 Å². The molecule has 0 heterocycles. The van der Waals surface area contributed by atoms with Crippen LogP contribution in [0.5, 0.6) is 0 Å². The quantitative estimate of drug-likeness (QED) is 0.248. The molecular weight excluding hydrogens is 193 g/mol. The van der Waals surface area contributed by atoms with Gasteiger partial charge in [-0.3, -0.25) is 4.79 Å². The molecule has 0 aromatic rings. The molecule has 0 aliphatic heterocycles. The van der Waals surface area contributed by atoms with Crippen LogP contribution < -0.4 is 5.73 Å². The number of nitrogens with two attached hydrogens (primary N) is 1. The van der Waals surface area contributed by atoms with Gasteiger partial charge in [0.2, 0.25) is 0 Å². The zero-order chi connectivity index (χ0) is 11.5. The molecule has 0 unspecified atom stereocenters. The Kier molecular flexibility index (Phi) is 9.22. The molecule has 0 spiro atoms. The molecule has 1 atom stereocenters. The van der Waals surface area contributed by atoms with Crippen molar-refractivity contribution in [2.45, 2.75) is 37.9 Å². The molecule has 4 nitrogen and oxygen atoms in total. The molecule has 86 valence electrons. The van der Waals surface area contributed by atoms with Crippen molar-refractivity contribution in [1.82, 2.24) is 0 Å². The monoisotopic (exact) mass is 213 g/mol. The van der Waals surface area contributed by atoms with Crippen molar-refractivity contribution in [3.8, 4) is 0 Å². The van der Waals surface area contributed by atoms with Crippen molar-refractivity contribution in [2.75, 3.05) is 6.73 Å². The van der Waals surface area contributed by atoms with Crippen molar-refractivity contribution in [3.05, 3.63) is 12.7 Å². The van der Waals surface area contributed by atoms with Crippen LogP contribution in [0.15, 0.2) is 12.7 Å². The van der Waals surface area contributed by atoms with Crippen LogP contribution in [-0.2, 0) is 9.45 Å². The van der Waals surface area contributed by atoms with Crippen LogP contribution in [0.25, 0.3) is 0 Å². The first-order valence-electron chi connectivity index (χ1n) is 5.33. The average Bonchev–Trinajstić information content (AvgIpc) is 2.21. The number of unbranched alkanes of at least 4 members (excludes halogenated alkanes) is 3. The van der Waals surface area contributed by atoms with Gasteiger partial charge in [0.25, 0.3) is 7.48 Å². The van der Waals surface area contributed by atoms with Gasteiger partial charge in [0.05, 0.1) is 12.5 Å². The van der Waals surface area contributed by atoms with Crippen LogP contribution in [0.3, 0.4) is 0 Å². The van der Waals surface area contributed by atoms with E-state index in [1.54, 1.807) is 0 Å². The Hall–Kier alpha value is -0.805. The molecule has 0 saturated heterocycles. The lowest BCUT2D eigenvalue weighted by molar-refractivity contribution is -0.137. The van der Waals surface area contributed by atoms with E-state index in [1.807, 2.05) is 6.08 Å². The summed E-state index contributed by atoms with van der Waals surface area (Å²) in [6.07, 6.45) is 6.57. The van der Waals surface area contributed by atoms with Gasteiger partial charge in [0, 0.05) is 0 Å². The largest absolute Gasteiger partial charge is 0.481 e. The normalized spacial score (nSPS) is 12.1. The van der Waals surface area contributed by atoms with Crippen LogP contribution in [-0.4, -0.2) is 25.3 Å². The number of carbonyl (C=O) groups is 1. The summed E-state index contributed by atoms with van der Waals surface area (Å²) in [7, 11) is 0.216. The van der Waals surface area contributed by atoms with Gasteiger partial charge in [0.15, 0.2) is 0 Å². The standard InChI is InChI=1S/C10H20BNO3/c1-2-3-4-5-6-7-9(10(13)14)11-15-8-12/h2,9,11H,1,3-8,12H2,(H,13,14)/t9-/m0/s1. The van der Waals surface area contributed by atoms with Crippen LogP contribution in [0.1, 0.15) is 32.1 Å². The zero-order valence-corrected chi connectivity index (χ0v) is 9.15. The molecule has 0 rings (SSSR count). The van der Waals surface area contributed by atoms with E-state index in [4.69, 9.17) is 15.5 Å². The number of rotatable bonds is 10. The highest BCUT2D eigenvalue weighted by molar-refractivity contribution is 6.36. The number of carboxylic acids is 1. The third-order valence-electron chi connectivity index (χ3n) is 2.25. The molecule has 3 N–H and O–H groups in total. The third kappa shape index (κ3) is 8.21. The predicted octanol–water partition coefficient (Wildman–Crippen LogP) is 1.28. The minimum Gasteiger partial charge on any atom is -0.481 e. The second kappa shape index (κ2) is 9.74. The number of hydrogen-bond donors (Lipinski definition) is 2. The lowest BCUT2D eigenvalue weighted by Gasteiger charge is -2.09. The predicted molar refractivity (Wildman–Crippen MR) is 62.0 cm³/mol. The number of aliphatic carboxylic acids is 1. The maximum absolute atomic E-state index is 10.8. The average molecular weight is 213 g/mol. The molecule has 0 aliphatic carbocycles. The first-order chi connectivity index (χ1) is 7.22. The molecule has 0 radical (unpaired) electrons. The van der Waals surface area contributed by atoms with E-state index >= 15 is 0 Å². The summed E-state index contributed by atoms with van der Waals surface area (Å²) in [4.78, 5) is 10.8. The molecule has 0 saturated carbocycles. The van der Waals surface area contributed by atoms with Gasteiger partial charge in [-0.05, 0) is 19.3 Å². The summed E-state index contributed by atoms with van der Waals surface area (Å²) < 4.78 is 4.92. The second-order valence-electron chi connectivity index (χ2n) is 3.50. The van der Waals surface area contributed by atoms with E-state index in [0.717, 1.165) is 25.7 Å². The van der Waals surface area contributed by atoms with Gasteiger partial charge in [-0.1, -0.05) is 18.9 Å². The van der Waals surface area contributed by atoms with Gasteiger partial charge < -0.3 is 15.5 Å². The minimum atomic E-state index is -0.799. The number of carboxylic acid groups (broad SMARTS) is 1. The molecule has 5 heteroatoms. The maximum Gasteiger partial charge on any atom is 0.301 e. The van der Waals surface area contributed by atoms with Crippen LogP contribution in [0.2, 0.25) is 5.82 Å². The van der Waals surface area contributed by atoms with E-state index in [1.165, 1.54) is 0 Å². The number of allylic oxidation sites excluding steroid dienone is 1. The molecular formula is C10H20BNO3. The SMILES string of the molecule is C=CCCCCC[C@H](BOCN)C(=O)O. The van der Waals surface area contributed by atoms with Gasteiger partial charge >= 0.3 is 5.97 Å². The Bertz CT molecular complexity index is 188. The zero-order valence-electron chi connectivity index (χ0n) is 9.15. The van der Waals surface area contributed by atoms with Crippen molar-refractivity contribution in [2.24, 2.45) is 5.73 Å². The van der Waals surface area contributed by atoms with Crippen LogP contribution >= 0.6 is 0 Å². The molecule has 0 amide bonds. The Morgan fingerprint density at radius 1 is 1.53 bits per heavy atom. The highest BCUT2D eigenvalue weighted by Crippen LogP contribution is 2.15. The van der Waals surface area contributed by atoms with E-state index in [-0.39, 0.29) is 14.2 Å². The molecule has 0 bridgehead atoms. The van der Waals surface area contributed by atoms with E-state index in [2.05, 4.69) is 6.58 Å². The molecule has 0 aliphatic rings. The van der Waals surface area contributed by atoms with Crippen molar-refractivity contribution in [1.29, 1.82) is 0 Å². The summed E-state index contributed by atoms with van der Waals surface area (Å²) in [6, 6.07) is 0. The van der Waals surface area contributed by atoms with Gasteiger partial charge in [-0.25, -0.2) is 0 Å². The molecule has 0 aromatic heterocycles. The first-order valence-corrected chi connectivity index (χ1v) is 5.33. The summed E-state index contributed by atoms with van der Waals surface area (Å²) in [5.41, 5.74) is 5.15. The highest BCUT2D eigenvalue weighted by atomic mass is 16.4. The summed E-state index contributed by atoms with van der Waals surface area (Å²) in [5, 5.41) is 8.87. The fourth-order valence-corrected chi connectivity index (χ4v) is 1.34. The smallest absolute Gasteiger partial charge is 0.301 e. The Morgan fingerprint density at radius 3 is 2.80 bits per heavy atom. The third-order valence-corrected chi connectivity index (χ3v) is 2.25. The van der Waals surface area contributed by atoms with E-state index < -0.39 is 11.8 Å². The summed E-state index contributed by atoms with van der Waals surface area (Å²) in [5.74, 6) is -1.22. The molecule has 15 heavy (non-hydrogen) atoms. The second-order valence-corrected chi connectivity index (χ2v) is 3.50. The summed E-state index contributed by atoms with van der Waals surface area (Å²) in [6.45, 7) is 3.72. The van der Waals surface area contributed by atoms with Crippen LogP contribution in [0, 0.1) is 0 Å². The van der Waals surface area contributed by atoms with Gasteiger partial charge in [-0.2, -0.15) is 0 Å². The topological polar surface area (TPSA) is 72.5 Å². The van der Waals surface area contributed by atoms with Crippen molar-refractivity contribution < 1.29 is 14.6 Å². The lowest BCUT2D eigenvalue weighted by Crippen LogP contribution is -2.20. The Morgan fingerprint density at radius 2 is 2.27 bits per heavy atom. The van der Waals surface area contributed by atoms with Gasteiger partial charge in [0.1, 0.15) is 0 Å². The maximum atomic E-state index is 10.8. The number of hydrogen-bond acceptors (Lipinski definition) is 3. The Balaban J connectivity index is 3.57. The van der Waals surface area contributed by atoms with Crippen molar-refractivity contribution >= 4 is 13.5 Å². The fourth-order valence-electron chi connectivity index (χ4n) is 1.34. The molecule has 0 fully saturated rings. The van der Waals surface area contributed by atoms with E-state index in [0.29, 0.717) is 6.42 Å². The first kappa shape index (κ1) is 14.2. The highest BCUT2D eigenvalue weighted by Gasteiger charge is 2.18. The Labute approximate surface area is 91.8 Å². The minimum absolute atomic E-state index is 0.0836. The molecule has 0 aromatic carbocycles. The lowest BCUT2D eigenvalue weighted by atomic mass is 9.76.